The van der Waals surface area contributed by atoms with Crippen molar-refractivity contribution < 1.29 is 18.8 Å². The Hall–Kier alpha value is -3.42. The number of benzene rings is 2. The zero-order valence-electron chi connectivity index (χ0n) is 21.2. The Labute approximate surface area is 217 Å². The molecule has 0 aromatic heterocycles. The van der Waals surface area contributed by atoms with E-state index in [1.165, 1.54) is 49.9 Å². The summed E-state index contributed by atoms with van der Waals surface area (Å²) >= 11 is 0. The standard InChI is InChI=1S/C29H35FN4O3/c30-23-11-13-24(14-12-23)31-26(35)20-33-21-34(25-8-2-1-3-9-25)29(28(33)37)16-18-32(19-17-29)27(36)15-10-22-6-4-5-7-22/h1-3,8-9,11-14,22H,4-7,10,15-21H2,(H,31,35). The van der Waals surface area contributed by atoms with E-state index in [4.69, 9.17) is 0 Å². The summed E-state index contributed by atoms with van der Waals surface area (Å²) in [6.07, 6.45) is 7.65. The van der Waals surface area contributed by atoms with E-state index in [0.717, 1.165) is 12.1 Å². The molecule has 3 fully saturated rings. The number of para-hydroxylation sites is 1. The van der Waals surface area contributed by atoms with Crippen LogP contribution in [-0.4, -0.2) is 59.4 Å². The van der Waals surface area contributed by atoms with E-state index >= 15 is 0 Å². The Morgan fingerprint density at radius 3 is 2.32 bits per heavy atom. The van der Waals surface area contributed by atoms with E-state index in [2.05, 4.69) is 10.2 Å². The molecule has 37 heavy (non-hydrogen) atoms. The van der Waals surface area contributed by atoms with Crippen LogP contribution in [0.4, 0.5) is 15.8 Å². The Kier molecular flexibility index (Phi) is 7.44. The number of nitrogens with one attached hydrogen (secondary N) is 1. The lowest BCUT2D eigenvalue weighted by atomic mass is 9.85. The summed E-state index contributed by atoms with van der Waals surface area (Å²) in [6, 6.07) is 15.3. The van der Waals surface area contributed by atoms with Crippen LogP contribution in [0.1, 0.15) is 51.4 Å². The number of hydrogen-bond donors (Lipinski definition) is 1. The van der Waals surface area contributed by atoms with Crippen molar-refractivity contribution in [2.75, 3.05) is 36.5 Å². The van der Waals surface area contributed by atoms with Gasteiger partial charge in [-0.05, 0) is 61.6 Å². The maximum Gasteiger partial charge on any atom is 0.250 e. The molecule has 1 N–H and O–H groups in total. The topological polar surface area (TPSA) is 73.0 Å². The number of carbonyl (C=O) groups excluding carboxylic acids is 3. The average Bonchev–Trinajstić information content (AvgIpc) is 3.53. The van der Waals surface area contributed by atoms with E-state index in [0.29, 0.717) is 50.6 Å². The number of amides is 3. The first kappa shape index (κ1) is 25.2. The van der Waals surface area contributed by atoms with Gasteiger partial charge in [0, 0.05) is 30.9 Å². The van der Waals surface area contributed by atoms with Gasteiger partial charge in [-0.1, -0.05) is 43.9 Å². The van der Waals surface area contributed by atoms with E-state index in [1.807, 2.05) is 35.2 Å². The Morgan fingerprint density at radius 2 is 1.65 bits per heavy atom. The van der Waals surface area contributed by atoms with Crippen LogP contribution >= 0.6 is 0 Å². The molecular weight excluding hydrogens is 471 g/mol. The van der Waals surface area contributed by atoms with Gasteiger partial charge in [-0.25, -0.2) is 4.39 Å². The Balaban J connectivity index is 1.26. The smallest absolute Gasteiger partial charge is 0.250 e. The third kappa shape index (κ3) is 5.48. The van der Waals surface area contributed by atoms with Crippen molar-refractivity contribution >= 4 is 29.1 Å². The second-order valence-corrected chi connectivity index (χ2v) is 10.6. The molecule has 0 atom stereocenters. The van der Waals surface area contributed by atoms with Gasteiger partial charge in [-0.3, -0.25) is 14.4 Å². The maximum atomic E-state index is 13.8. The molecule has 3 aliphatic rings. The maximum absolute atomic E-state index is 13.8. The number of rotatable bonds is 7. The lowest BCUT2D eigenvalue weighted by Gasteiger charge is -2.43. The van der Waals surface area contributed by atoms with E-state index in [1.54, 1.807) is 4.90 Å². The van der Waals surface area contributed by atoms with Crippen LogP contribution < -0.4 is 10.2 Å². The minimum absolute atomic E-state index is 0.0799. The van der Waals surface area contributed by atoms with Crippen molar-refractivity contribution in [3.8, 4) is 0 Å². The van der Waals surface area contributed by atoms with Gasteiger partial charge in [0.15, 0.2) is 0 Å². The fraction of sp³-hybridized carbons (Fsp3) is 0.483. The van der Waals surface area contributed by atoms with Crippen molar-refractivity contribution in [2.45, 2.75) is 56.9 Å². The van der Waals surface area contributed by atoms with Crippen LogP contribution in [0.5, 0.6) is 0 Å². The zero-order chi connectivity index (χ0) is 25.8. The van der Waals surface area contributed by atoms with Crippen LogP contribution in [0.3, 0.4) is 0 Å². The quantitative estimate of drug-likeness (QED) is 0.604. The third-order valence-electron chi connectivity index (χ3n) is 8.23. The summed E-state index contributed by atoms with van der Waals surface area (Å²) in [5.41, 5.74) is 0.634. The predicted octanol–water partition coefficient (Wildman–Crippen LogP) is 4.40. The molecule has 196 valence electrons. The van der Waals surface area contributed by atoms with Crippen molar-refractivity contribution in [1.29, 1.82) is 0 Å². The SMILES string of the molecule is O=C(CN1CN(c2ccccc2)C2(CCN(C(=O)CCC3CCCC3)CC2)C1=O)Nc1ccc(F)cc1. The molecule has 2 aromatic carbocycles. The monoisotopic (exact) mass is 506 g/mol. The summed E-state index contributed by atoms with van der Waals surface area (Å²) in [5.74, 6) is 0.0819. The number of carbonyl (C=O) groups is 3. The first-order chi connectivity index (χ1) is 17.9. The summed E-state index contributed by atoms with van der Waals surface area (Å²) < 4.78 is 13.2. The number of anilines is 2. The molecule has 2 aromatic rings. The summed E-state index contributed by atoms with van der Waals surface area (Å²) in [7, 11) is 0. The van der Waals surface area contributed by atoms with E-state index in [9.17, 15) is 18.8 Å². The highest BCUT2D eigenvalue weighted by molar-refractivity contribution is 5.99. The van der Waals surface area contributed by atoms with Gasteiger partial charge in [0.25, 0.3) is 5.91 Å². The lowest BCUT2D eigenvalue weighted by Crippen LogP contribution is -2.57. The van der Waals surface area contributed by atoms with Gasteiger partial charge in [0.1, 0.15) is 17.9 Å². The third-order valence-corrected chi connectivity index (χ3v) is 8.23. The normalized spacial score (nSPS) is 19.6. The van der Waals surface area contributed by atoms with Crippen molar-refractivity contribution in [2.24, 2.45) is 5.92 Å². The van der Waals surface area contributed by atoms with Gasteiger partial charge in [-0.15, -0.1) is 0 Å². The van der Waals surface area contributed by atoms with Crippen molar-refractivity contribution in [3.63, 3.8) is 0 Å². The lowest BCUT2D eigenvalue weighted by molar-refractivity contribution is -0.139. The fourth-order valence-corrected chi connectivity index (χ4v) is 6.14. The minimum Gasteiger partial charge on any atom is -0.342 e. The molecule has 1 aliphatic carbocycles. The molecule has 1 spiro atoms. The van der Waals surface area contributed by atoms with Crippen molar-refractivity contribution in [3.05, 3.63) is 60.4 Å². The molecule has 2 aliphatic heterocycles. The summed E-state index contributed by atoms with van der Waals surface area (Å²) in [5, 5.41) is 2.75. The Bertz CT molecular complexity index is 1110. The summed E-state index contributed by atoms with van der Waals surface area (Å²) in [6.45, 7) is 1.28. The van der Waals surface area contributed by atoms with E-state index in [-0.39, 0.29) is 30.1 Å². The molecule has 1 saturated carbocycles. The second-order valence-electron chi connectivity index (χ2n) is 10.6. The molecule has 2 saturated heterocycles. The highest BCUT2D eigenvalue weighted by atomic mass is 19.1. The van der Waals surface area contributed by atoms with E-state index < -0.39 is 5.54 Å². The number of likely N-dealkylation sites (tertiary alicyclic amines) is 1. The summed E-state index contributed by atoms with van der Waals surface area (Å²) in [4.78, 5) is 45.1. The first-order valence-corrected chi connectivity index (χ1v) is 13.4. The van der Waals surface area contributed by atoms with Gasteiger partial charge in [0.2, 0.25) is 11.8 Å². The molecule has 0 bridgehead atoms. The second kappa shape index (κ2) is 10.9. The number of hydrogen-bond acceptors (Lipinski definition) is 4. The molecule has 7 nitrogen and oxygen atoms in total. The van der Waals surface area contributed by atoms with Gasteiger partial charge >= 0.3 is 0 Å². The fourth-order valence-electron chi connectivity index (χ4n) is 6.14. The first-order valence-electron chi connectivity index (χ1n) is 13.4. The number of nitrogens with zero attached hydrogens (tertiary/aromatic N) is 3. The highest BCUT2D eigenvalue weighted by Gasteiger charge is 2.54. The van der Waals surface area contributed by atoms with Gasteiger partial charge < -0.3 is 20.0 Å². The van der Waals surface area contributed by atoms with Crippen LogP contribution in [-0.2, 0) is 14.4 Å². The van der Waals surface area contributed by atoms with Crippen LogP contribution in [0.2, 0.25) is 0 Å². The average molecular weight is 507 g/mol. The minimum atomic E-state index is -0.778. The van der Waals surface area contributed by atoms with Crippen LogP contribution in [0.15, 0.2) is 54.6 Å². The van der Waals surface area contributed by atoms with Crippen LogP contribution in [0, 0.1) is 11.7 Å². The molecule has 5 rings (SSSR count). The van der Waals surface area contributed by atoms with Gasteiger partial charge in [0.05, 0.1) is 6.67 Å². The number of halogens is 1. The molecular formula is C29H35FN4O3. The predicted molar refractivity (Wildman–Crippen MR) is 140 cm³/mol. The molecule has 3 amide bonds. The Morgan fingerprint density at radius 1 is 0.973 bits per heavy atom. The highest BCUT2D eigenvalue weighted by Crippen LogP contribution is 2.39. The molecule has 0 unspecified atom stereocenters. The molecule has 2 heterocycles. The van der Waals surface area contributed by atoms with Gasteiger partial charge in [-0.2, -0.15) is 0 Å². The molecule has 8 heteroatoms. The molecule has 0 radical (unpaired) electrons. The number of piperidine rings is 1. The zero-order valence-corrected chi connectivity index (χ0v) is 21.2. The van der Waals surface area contributed by atoms with Crippen molar-refractivity contribution in [1.82, 2.24) is 9.80 Å². The largest absolute Gasteiger partial charge is 0.342 e. The van der Waals surface area contributed by atoms with Crippen LogP contribution in [0.25, 0.3) is 0 Å².